The Morgan fingerprint density at radius 1 is 1.24 bits per heavy atom. The van der Waals surface area contributed by atoms with Gasteiger partial charge in [0.25, 0.3) is 0 Å². The molecule has 3 aliphatic carbocycles. The van der Waals surface area contributed by atoms with Crippen LogP contribution < -0.4 is 5.32 Å². The fourth-order valence-corrected chi connectivity index (χ4v) is 7.55. The molecule has 0 amide bonds. The molecule has 0 saturated heterocycles. The highest BCUT2D eigenvalue weighted by Crippen LogP contribution is 2.51. The van der Waals surface area contributed by atoms with Crippen molar-refractivity contribution in [2.45, 2.75) is 89.5 Å². The SMILES string of the molecule is C=CC1CC(C(=N)C(C=N)CCC)(c2cccc(CCC3Cc4c(Cl)cc([C@H](C)NCC5CCC5)cc4C3=O)c2)C1. The Kier molecular flexibility index (Phi) is 9.30. The Morgan fingerprint density at radius 2 is 2.02 bits per heavy atom. The van der Waals surface area contributed by atoms with E-state index in [4.69, 9.17) is 22.4 Å². The molecule has 2 unspecified atom stereocenters. The first-order valence-corrected chi connectivity index (χ1v) is 16.1. The van der Waals surface area contributed by atoms with E-state index in [1.807, 2.05) is 6.08 Å². The molecule has 2 fully saturated rings. The van der Waals surface area contributed by atoms with Crippen molar-refractivity contribution in [3.8, 4) is 0 Å². The summed E-state index contributed by atoms with van der Waals surface area (Å²) in [6.07, 6.45) is 13.3. The molecule has 5 rings (SSSR count). The molecule has 0 aromatic heterocycles. The third kappa shape index (κ3) is 6.01. The van der Waals surface area contributed by atoms with Gasteiger partial charge in [-0.2, -0.15) is 0 Å². The van der Waals surface area contributed by atoms with E-state index in [1.54, 1.807) is 0 Å². The third-order valence-electron chi connectivity index (χ3n) is 10.2. The topological polar surface area (TPSA) is 76.8 Å². The van der Waals surface area contributed by atoms with E-state index in [0.29, 0.717) is 18.1 Å². The number of allylic oxidation sites excluding steroid dienone is 1. The molecule has 3 N–H and O–H groups in total. The van der Waals surface area contributed by atoms with Gasteiger partial charge in [0, 0.05) is 45.8 Å². The number of Topliss-reactive ketones (excluding diaryl/α,β-unsaturated/α-hetero) is 1. The summed E-state index contributed by atoms with van der Waals surface area (Å²) in [6, 6.07) is 13.0. The zero-order valence-electron chi connectivity index (χ0n) is 24.8. The molecule has 2 aromatic rings. The van der Waals surface area contributed by atoms with Gasteiger partial charge in [-0.25, -0.2) is 0 Å². The molecular formula is C36H46ClN3O. The van der Waals surface area contributed by atoms with Crippen LogP contribution in [0, 0.1) is 34.5 Å². The molecule has 5 heteroatoms. The summed E-state index contributed by atoms with van der Waals surface area (Å²) in [4.78, 5) is 13.5. The number of rotatable bonds is 14. The largest absolute Gasteiger partial charge is 0.312 e. The van der Waals surface area contributed by atoms with Crippen molar-refractivity contribution in [1.82, 2.24) is 5.32 Å². The maximum atomic E-state index is 13.5. The lowest BCUT2D eigenvalue weighted by atomic mass is 9.54. The smallest absolute Gasteiger partial charge is 0.166 e. The van der Waals surface area contributed by atoms with Gasteiger partial charge in [-0.15, -0.1) is 6.58 Å². The first-order valence-electron chi connectivity index (χ1n) is 15.7. The maximum Gasteiger partial charge on any atom is 0.166 e. The normalized spacial score (nSPS) is 25.1. The predicted molar refractivity (Wildman–Crippen MR) is 171 cm³/mol. The molecule has 4 nitrogen and oxygen atoms in total. The number of carbonyl (C=O) groups excluding carboxylic acids is 1. The molecule has 0 aliphatic heterocycles. The number of aryl methyl sites for hydroxylation is 1. The monoisotopic (exact) mass is 571 g/mol. The predicted octanol–water partition coefficient (Wildman–Crippen LogP) is 8.70. The van der Waals surface area contributed by atoms with Crippen LogP contribution in [-0.2, 0) is 18.3 Å². The van der Waals surface area contributed by atoms with Crippen molar-refractivity contribution in [2.75, 3.05) is 6.54 Å². The summed E-state index contributed by atoms with van der Waals surface area (Å²) in [5.74, 6) is 1.26. The number of ketones is 1. The highest BCUT2D eigenvalue weighted by atomic mass is 35.5. The van der Waals surface area contributed by atoms with Crippen molar-refractivity contribution >= 4 is 29.3 Å². The van der Waals surface area contributed by atoms with Crippen molar-refractivity contribution in [2.24, 2.45) is 23.7 Å². The Bertz CT molecular complexity index is 1310. The average molecular weight is 572 g/mol. The van der Waals surface area contributed by atoms with Crippen molar-refractivity contribution in [3.63, 3.8) is 0 Å². The van der Waals surface area contributed by atoms with Crippen molar-refractivity contribution in [1.29, 1.82) is 10.8 Å². The molecule has 218 valence electrons. The Hall–Kier alpha value is -2.56. The number of fused-ring (bicyclic) bond motifs is 1. The first-order chi connectivity index (χ1) is 19.8. The number of carbonyl (C=O) groups is 1. The summed E-state index contributed by atoms with van der Waals surface area (Å²) < 4.78 is 0. The number of halogens is 1. The number of benzene rings is 2. The van der Waals surface area contributed by atoms with Gasteiger partial charge in [0.2, 0.25) is 0 Å². The van der Waals surface area contributed by atoms with E-state index < -0.39 is 0 Å². The van der Waals surface area contributed by atoms with E-state index in [9.17, 15) is 4.79 Å². The summed E-state index contributed by atoms with van der Waals surface area (Å²) in [7, 11) is 0. The summed E-state index contributed by atoms with van der Waals surface area (Å²) >= 11 is 6.75. The minimum absolute atomic E-state index is 0.0485. The van der Waals surface area contributed by atoms with Gasteiger partial charge in [-0.3, -0.25) is 4.79 Å². The lowest BCUT2D eigenvalue weighted by molar-refractivity contribution is 0.0931. The van der Waals surface area contributed by atoms with Gasteiger partial charge in [-0.1, -0.05) is 61.7 Å². The van der Waals surface area contributed by atoms with Crippen LogP contribution in [0.4, 0.5) is 0 Å². The van der Waals surface area contributed by atoms with E-state index in [0.717, 1.165) is 72.7 Å². The minimum atomic E-state index is -0.320. The molecule has 0 radical (unpaired) electrons. The zero-order valence-corrected chi connectivity index (χ0v) is 25.5. The van der Waals surface area contributed by atoms with E-state index in [1.165, 1.54) is 36.6 Å². The second-order valence-corrected chi connectivity index (χ2v) is 13.3. The van der Waals surface area contributed by atoms with E-state index in [2.05, 4.69) is 62.1 Å². The fourth-order valence-electron chi connectivity index (χ4n) is 7.24. The highest BCUT2D eigenvalue weighted by Gasteiger charge is 2.49. The van der Waals surface area contributed by atoms with Gasteiger partial charge >= 0.3 is 0 Å². The van der Waals surface area contributed by atoms with Crippen molar-refractivity contribution < 1.29 is 4.79 Å². The lowest BCUT2D eigenvalue weighted by Crippen LogP contribution is -2.50. The van der Waals surface area contributed by atoms with Crippen LogP contribution in [-0.4, -0.2) is 24.3 Å². The Morgan fingerprint density at radius 3 is 2.68 bits per heavy atom. The molecular weight excluding hydrogens is 526 g/mol. The fraction of sp³-hybridized carbons (Fsp3) is 0.528. The molecule has 0 bridgehead atoms. The van der Waals surface area contributed by atoms with Gasteiger partial charge in [0.05, 0.1) is 0 Å². The van der Waals surface area contributed by atoms with E-state index >= 15 is 0 Å². The average Bonchev–Trinajstić information content (AvgIpc) is 3.25. The zero-order chi connectivity index (χ0) is 29.1. The van der Waals surface area contributed by atoms with Crippen LogP contribution in [0.2, 0.25) is 5.02 Å². The lowest BCUT2D eigenvalue weighted by Gasteiger charge is -2.49. The third-order valence-corrected chi connectivity index (χ3v) is 10.6. The maximum absolute atomic E-state index is 13.5. The summed E-state index contributed by atoms with van der Waals surface area (Å²) in [6.45, 7) is 9.32. The summed E-state index contributed by atoms with van der Waals surface area (Å²) in [5.41, 5.74) is 5.67. The minimum Gasteiger partial charge on any atom is -0.312 e. The molecule has 3 atom stereocenters. The molecule has 0 heterocycles. The van der Waals surface area contributed by atoms with Crippen LogP contribution in [0.25, 0.3) is 0 Å². The molecule has 3 aliphatic rings. The molecule has 2 saturated carbocycles. The van der Waals surface area contributed by atoms with Gasteiger partial charge in [0.15, 0.2) is 5.78 Å². The van der Waals surface area contributed by atoms with E-state index in [-0.39, 0.29) is 29.1 Å². The summed E-state index contributed by atoms with van der Waals surface area (Å²) in [5, 5.41) is 21.5. The van der Waals surface area contributed by atoms with Crippen LogP contribution in [0.3, 0.4) is 0 Å². The van der Waals surface area contributed by atoms with Gasteiger partial charge in [-0.05, 0) is 111 Å². The van der Waals surface area contributed by atoms with Crippen molar-refractivity contribution in [3.05, 3.63) is 81.9 Å². The standard InChI is InChI=1S/C36H46ClN3O/c1-4-8-28(21-38)35(39)36(19-24(5-2)20-36)30-12-7-9-25(15-30)13-14-27-16-31-32(34(27)41)17-29(18-33(31)37)23(3)40-22-26-10-6-11-26/h5,7,9,12,15,17-18,21,23-24,26-28,38-40H,2,4,6,8,10-11,13-14,16,19-20,22H2,1,3H3/t23-,24?,27?,28?,36?/m0/s1. The Labute approximate surface area is 251 Å². The first kappa shape index (κ1) is 29.9. The van der Waals surface area contributed by atoms with Crippen LogP contribution >= 0.6 is 11.6 Å². The second kappa shape index (κ2) is 12.8. The van der Waals surface area contributed by atoms with Crippen LogP contribution in [0.5, 0.6) is 0 Å². The molecule has 0 spiro atoms. The number of hydrogen-bond acceptors (Lipinski definition) is 4. The highest BCUT2D eigenvalue weighted by molar-refractivity contribution is 6.32. The van der Waals surface area contributed by atoms with Gasteiger partial charge < -0.3 is 16.1 Å². The van der Waals surface area contributed by atoms with Crippen LogP contribution in [0.15, 0.2) is 49.1 Å². The number of nitrogens with one attached hydrogen (secondary N) is 3. The molecule has 41 heavy (non-hydrogen) atoms. The van der Waals surface area contributed by atoms with Crippen LogP contribution in [0.1, 0.15) is 104 Å². The number of hydrogen-bond donors (Lipinski definition) is 3. The Balaban J connectivity index is 1.27. The van der Waals surface area contributed by atoms with Gasteiger partial charge in [0.1, 0.15) is 0 Å². The quantitative estimate of drug-likeness (QED) is 0.157. The molecule has 2 aromatic carbocycles. The second-order valence-electron chi connectivity index (χ2n) is 12.9.